The van der Waals surface area contributed by atoms with Crippen LogP contribution in [0.3, 0.4) is 0 Å². The number of amides is 1. The molecule has 1 amide bonds. The van der Waals surface area contributed by atoms with Gasteiger partial charge in [0.05, 0.1) is 38.9 Å². The summed E-state index contributed by atoms with van der Waals surface area (Å²) >= 11 is 3.46. The molecule has 0 aromatic heterocycles. The van der Waals surface area contributed by atoms with Crippen LogP contribution < -0.4 is 10.1 Å². The molecule has 30 heavy (non-hydrogen) atoms. The van der Waals surface area contributed by atoms with Gasteiger partial charge in [-0.05, 0) is 36.4 Å². The van der Waals surface area contributed by atoms with Crippen LogP contribution in [0.25, 0.3) is 6.08 Å². The summed E-state index contributed by atoms with van der Waals surface area (Å²) in [6.45, 7) is 2.95. The Bertz CT molecular complexity index is 947. The Morgan fingerprint density at radius 1 is 1.13 bits per heavy atom. The molecule has 1 saturated heterocycles. The van der Waals surface area contributed by atoms with Gasteiger partial charge in [-0.3, -0.25) is 4.79 Å². The number of fused-ring (bicyclic) bond motifs is 1. The summed E-state index contributed by atoms with van der Waals surface area (Å²) in [7, 11) is 4.58. The highest BCUT2D eigenvalue weighted by Gasteiger charge is 2.30. The van der Waals surface area contributed by atoms with Crippen molar-refractivity contribution in [3.63, 3.8) is 0 Å². The van der Waals surface area contributed by atoms with Gasteiger partial charge in [0.2, 0.25) is 0 Å². The number of ether oxygens (including phenoxy) is 2. The van der Waals surface area contributed by atoms with Crippen molar-refractivity contribution in [2.24, 2.45) is 0 Å². The number of nitrogens with zero attached hydrogens (tertiary/aromatic N) is 1. The number of benzene rings is 2. The molecule has 2 aliphatic rings. The summed E-state index contributed by atoms with van der Waals surface area (Å²) in [5.41, 5.74) is 3.58. The van der Waals surface area contributed by atoms with Gasteiger partial charge in [-0.2, -0.15) is 0 Å². The summed E-state index contributed by atoms with van der Waals surface area (Å²) in [4.78, 5) is 12.7. The lowest BCUT2D eigenvalue weighted by Gasteiger charge is -2.40. The average molecular weight is 472 g/mol. The lowest BCUT2D eigenvalue weighted by Crippen LogP contribution is -2.50. The van der Waals surface area contributed by atoms with Crippen molar-refractivity contribution in [1.82, 2.24) is 0 Å². The zero-order valence-electron chi connectivity index (χ0n) is 17.5. The molecule has 0 bridgehead atoms. The zero-order chi connectivity index (χ0) is 21.1. The Balaban J connectivity index is 1.39. The van der Waals surface area contributed by atoms with Crippen LogP contribution in [0, 0.1) is 0 Å². The fourth-order valence-corrected chi connectivity index (χ4v) is 4.55. The number of nitrogens with one attached hydrogen (secondary N) is 1. The van der Waals surface area contributed by atoms with Gasteiger partial charge in [-0.25, -0.2) is 0 Å². The van der Waals surface area contributed by atoms with Crippen LogP contribution in [-0.4, -0.2) is 50.3 Å². The summed E-state index contributed by atoms with van der Waals surface area (Å²) in [6, 6.07) is 14.6. The van der Waals surface area contributed by atoms with Crippen LogP contribution in [-0.2, 0) is 16.1 Å². The van der Waals surface area contributed by atoms with Crippen LogP contribution >= 0.6 is 15.9 Å². The molecule has 158 valence electrons. The maximum Gasteiger partial charge on any atom is 0.255 e. The highest BCUT2D eigenvalue weighted by atomic mass is 79.9. The standard InChI is InChI=1S/C24H27BrN2O3/c1-27(2,22-9-11-29-12-10-22)15-17-3-6-21(7-4-17)26-24(28)19-13-18-14-20(25)5-8-23(18)30-16-19/h3-8,13-14,22H,9-12,15-16H2,1-2H3/p+1. The fraction of sp³-hybridized carbons (Fsp3) is 0.375. The second kappa shape index (κ2) is 8.92. The molecule has 1 N–H and O–H groups in total. The van der Waals surface area contributed by atoms with Gasteiger partial charge in [0, 0.05) is 34.1 Å². The smallest absolute Gasteiger partial charge is 0.255 e. The molecule has 0 aliphatic carbocycles. The number of rotatable bonds is 5. The number of carbonyl (C=O) groups excluding carboxylic acids is 1. The minimum atomic E-state index is -0.133. The van der Waals surface area contributed by atoms with E-state index in [0.29, 0.717) is 11.6 Å². The molecule has 0 spiro atoms. The molecule has 6 heteroatoms. The monoisotopic (exact) mass is 471 g/mol. The Labute approximate surface area is 186 Å². The maximum absolute atomic E-state index is 12.7. The third-order valence-corrected chi connectivity index (χ3v) is 6.45. The average Bonchev–Trinajstić information content (AvgIpc) is 2.75. The maximum atomic E-state index is 12.7. The SMILES string of the molecule is C[N+](C)(Cc1ccc(NC(=O)C2=Cc3cc(Br)ccc3OC2)cc1)C1CCOCC1. The second-order valence-electron chi connectivity index (χ2n) is 8.57. The number of carbonyl (C=O) groups is 1. The minimum Gasteiger partial charge on any atom is -0.488 e. The van der Waals surface area contributed by atoms with Crippen LogP contribution in [0.15, 0.2) is 52.5 Å². The molecule has 2 heterocycles. The van der Waals surface area contributed by atoms with E-state index >= 15 is 0 Å². The lowest BCUT2D eigenvalue weighted by molar-refractivity contribution is -0.929. The minimum absolute atomic E-state index is 0.133. The van der Waals surface area contributed by atoms with Crippen LogP contribution in [0.1, 0.15) is 24.0 Å². The fourth-order valence-electron chi connectivity index (χ4n) is 4.17. The van der Waals surface area contributed by atoms with E-state index in [0.717, 1.165) is 58.6 Å². The highest BCUT2D eigenvalue weighted by Crippen LogP contribution is 2.29. The van der Waals surface area contributed by atoms with Gasteiger partial charge in [-0.1, -0.05) is 28.1 Å². The van der Waals surface area contributed by atoms with Crippen molar-refractivity contribution >= 4 is 33.6 Å². The zero-order valence-corrected chi connectivity index (χ0v) is 19.1. The van der Waals surface area contributed by atoms with E-state index in [2.05, 4.69) is 47.5 Å². The van der Waals surface area contributed by atoms with E-state index in [1.54, 1.807) is 0 Å². The van der Waals surface area contributed by atoms with E-state index in [9.17, 15) is 4.79 Å². The van der Waals surface area contributed by atoms with E-state index in [1.807, 2.05) is 36.4 Å². The molecule has 1 fully saturated rings. The molecule has 0 radical (unpaired) electrons. The Hall–Kier alpha value is -2.15. The first-order valence-electron chi connectivity index (χ1n) is 10.3. The highest BCUT2D eigenvalue weighted by molar-refractivity contribution is 9.10. The van der Waals surface area contributed by atoms with Crippen molar-refractivity contribution in [2.45, 2.75) is 25.4 Å². The normalized spacial score (nSPS) is 17.0. The topological polar surface area (TPSA) is 47.6 Å². The Morgan fingerprint density at radius 2 is 1.87 bits per heavy atom. The second-order valence-corrected chi connectivity index (χ2v) is 9.49. The van der Waals surface area contributed by atoms with Crippen LogP contribution in [0.4, 0.5) is 5.69 Å². The molecule has 0 unspecified atom stereocenters. The first kappa shape index (κ1) is 21.1. The molecule has 5 nitrogen and oxygen atoms in total. The third kappa shape index (κ3) is 4.94. The molecule has 2 aromatic carbocycles. The van der Waals surface area contributed by atoms with Gasteiger partial charge in [-0.15, -0.1) is 0 Å². The number of hydrogen-bond donors (Lipinski definition) is 1. The van der Waals surface area contributed by atoms with E-state index < -0.39 is 0 Å². The molecule has 2 aromatic rings. The number of anilines is 1. The van der Waals surface area contributed by atoms with Crippen molar-refractivity contribution in [2.75, 3.05) is 39.2 Å². The molecule has 2 aliphatic heterocycles. The molecule has 0 atom stereocenters. The predicted molar refractivity (Wildman–Crippen MR) is 122 cm³/mol. The Kier molecular flexibility index (Phi) is 6.27. The van der Waals surface area contributed by atoms with E-state index in [4.69, 9.17) is 9.47 Å². The Morgan fingerprint density at radius 3 is 2.60 bits per heavy atom. The first-order valence-corrected chi connectivity index (χ1v) is 11.1. The predicted octanol–water partition coefficient (Wildman–Crippen LogP) is 4.62. The molecular weight excluding hydrogens is 444 g/mol. The lowest BCUT2D eigenvalue weighted by atomic mass is 10.0. The summed E-state index contributed by atoms with van der Waals surface area (Å²) in [5, 5.41) is 2.99. The third-order valence-electron chi connectivity index (χ3n) is 5.96. The molecule has 4 rings (SSSR count). The van der Waals surface area contributed by atoms with Crippen LogP contribution in [0.5, 0.6) is 5.75 Å². The van der Waals surface area contributed by atoms with E-state index in [1.165, 1.54) is 5.56 Å². The summed E-state index contributed by atoms with van der Waals surface area (Å²) in [5.74, 6) is 0.663. The summed E-state index contributed by atoms with van der Waals surface area (Å²) < 4.78 is 13.1. The number of halogens is 1. The van der Waals surface area contributed by atoms with Crippen molar-refractivity contribution in [3.05, 3.63) is 63.6 Å². The van der Waals surface area contributed by atoms with Crippen LogP contribution in [0.2, 0.25) is 0 Å². The largest absolute Gasteiger partial charge is 0.488 e. The van der Waals surface area contributed by atoms with Crippen molar-refractivity contribution in [3.8, 4) is 5.75 Å². The van der Waals surface area contributed by atoms with E-state index in [-0.39, 0.29) is 12.5 Å². The van der Waals surface area contributed by atoms with Gasteiger partial charge < -0.3 is 19.3 Å². The van der Waals surface area contributed by atoms with Gasteiger partial charge >= 0.3 is 0 Å². The van der Waals surface area contributed by atoms with Gasteiger partial charge in [0.1, 0.15) is 18.9 Å². The molecular formula is C24H28BrN2O3+. The van der Waals surface area contributed by atoms with Crippen molar-refractivity contribution < 1.29 is 18.8 Å². The number of hydrogen-bond acceptors (Lipinski definition) is 3. The molecule has 0 saturated carbocycles. The van der Waals surface area contributed by atoms with Crippen molar-refractivity contribution in [1.29, 1.82) is 0 Å². The number of quaternary nitrogens is 1. The van der Waals surface area contributed by atoms with Gasteiger partial charge in [0.25, 0.3) is 5.91 Å². The quantitative estimate of drug-likeness (QED) is 0.647. The first-order chi connectivity index (χ1) is 14.4. The van der Waals surface area contributed by atoms with Gasteiger partial charge in [0.15, 0.2) is 0 Å². The summed E-state index contributed by atoms with van der Waals surface area (Å²) in [6.07, 6.45) is 4.11.